The number of carbonyl (C=O) groups excluding carboxylic acids is 2. The first-order valence-electron chi connectivity index (χ1n) is 10.7. The van der Waals surface area contributed by atoms with E-state index in [9.17, 15) is 18.0 Å². The number of nitrogens with zero attached hydrogens (tertiary/aromatic N) is 1. The summed E-state index contributed by atoms with van der Waals surface area (Å²) < 4.78 is 25.0. The minimum absolute atomic E-state index is 0.0805. The average molecular weight is 521 g/mol. The van der Waals surface area contributed by atoms with Crippen molar-refractivity contribution in [2.75, 3.05) is 32.4 Å². The van der Waals surface area contributed by atoms with Crippen molar-refractivity contribution in [2.45, 2.75) is 32.3 Å². The Kier molecular flexibility index (Phi) is 8.80. The monoisotopic (exact) mass is 520 g/mol. The molecule has 4 N–H and O–H groups in total. The molecule has 34 heavy (non-hydrogen) atoms. The molecule has 0 saturated carbocycles. The van der Waals surface area contributed by atoms with E-state index in [4.69, 9.17) is 11.1 Å². The number of sulfone groups is 1. The standard InChI is InChI=1S/C23H28N4O4S3/c1-27-14-11-23(12-15-27,22(25)29)34(30,31)19-9-7-17(8-10-19)32-16-13-26-21(28)20(24)33-18-5-3-2-4-6-18/h2-10,24H,11-16H2,1H3,(H2,25,29)(H,26,28). The molecular formula is C23H28N4O4S3. The normalized spacial score (nSPS) is 16.0. The van der Waals surface area contributed by atoms with E-state index in [1.54, 1.807) is 12.1 Å². The largest absolute Gasteiger partial charge is 0.368 e. The second-order valence-electron chi connectivity index (χ2n) is 7.99. The van der Waals surface area contributed by atoms with Crippen molar-refractivity contribution < 1.29 is 18.0 Å². The SMILES string of the molecule is CN1CCC(C(N)=O)(S(=O)(=O)c2ccc(SCCNC(=O)C(=N)Sc3ccccc3)cc2)CC1. The molecule has 0 bridgehead atoms. The maximum absolute atomic E-state index is 13.3. The number of piperidine rings is 1. The van der Waals surface area contributed by atoms with Crippen LogP contribution in [-0.4, -0.2) is 67.4 Å². The summed E-state index contributed by atoms with van der Waals surface area (Å²) in [7, 11) is -2.04. The van der Waals surface area contributed by atoms with Crippen molar-refractivity contribution in [1.82, 2.24) is 10.2 Å². The molecule has 0 radical (unpaired) electrons. The van der Waals surface area contributed by atoms with Gasteiger partial charge in [-0.25, -0.2) is 8.42 Å². The maximum Gasteiger partial charge on any atom is 0.276 e. The Morgan fingerprint density at radius 2 is 1.68 bits per heavy atom. The van der Waals surface area contributed by atoms with E-state index in [0.29, 0.717) is 25.4 Å². The third-order valence-electron chi connectivity index (χ3n) is 5.72. The van der Waals surface area contributed by atoms with Crippen LogP contribution in [0, 0.1) is 5.41 Å². The molecular weight excluding hydrogens is 492 g/mol. The number of primary amides is 1. The van der Waals surface area contributed by atoms with Crippen molar-refractivity contribution in [2.24, 2.45) is 5.73 Å². The topological polar surface area (TPSA) is 133 Å². The smallest absolute Gasteiger partial charge is 0.276 e. The summed E-state index contributed by atoms with van der Waals surface area (Å²) in [5, 5.41) is 10.5. The van der Waals surface area contributed by atoms with Crippen molar-refractivity contribution in [3.05, 3.63) is 54.6 Å². The molecule has 1 saturated heterocycles. The first-order chi connectivity index (χ1) is 16.2. The number of hydrogen-bond acceptors (Lipinski definition) is 8. The number of thioether (sulfide) groups is 2. The van der Waals surface area contributed by atoms with Gasteiger partial charge < -0.3 is 16.0 Å². The number of likely N-dealkylation sites (tertiary alicyclic amines) is 1. The molecule has 3 rings (SSSR count). The van der Waals surface area contributed by atoms with Gasteiger partial charge in [-0.05, 0) is 69.4 Å². The van der Waals surface area contributed by atoms with E-state index in [2.05, 4.69) is 5.32 Å². The van der Waals surface area contributed by atoms with Gasteiger partial charge in [0, 0.05) is 22.1 Å². The van der Waals surface area contributed by atoms with Crippen molar-refractivity contribution in [3.8, 4) is 0 Å². The molecule has 0 aromatic heterocycles. The highest BCUT2D eigenvalue weighted by molar-refractivity contribution is 8.15. The highest BCUT2D eigenvalue weighted by atomic mass is 32.2. The van der Waals surface area contributed by atoms with Crippen LogP contribution >= 0.6 is 23.5 Å². The van der Waals surface area contributed by atoms with E-state index in [1.165, 1.54) is 23.9 Å². The van der Waals surface area contributed by atoms with E-state index < -0.39 is 26.4 Å². The molecule has 0 atom stereocenters. The van der Waals surface area contributed by atoms with Crippen LogP contribution in [0.25, 0.3) is 0 Å². The van der Waals surface area contributed by atoms with Crippen LogP contribution in [-0.2, 0) is 19.4 Å². The molecule has 11 heteroatoms. The second-order valence-corrected chi connectivity index (χ2v) is 12.5. The van der Waals surface area contributed by atoms with Gasteiger partial charge >= 0.3 is 0 Å². The van der Waals surface area contributed by atoms with E-state index in [0.717, 1.165) is 21.6 Å². The lowest BCUT2D eigenvalue weighted by Gasteiger charge is -2.37. The van der Waals surface area contributed by atoms with Crippen LogP contribution in [0.15, 0.2) is 69.3 Å². The van der Waals surface area contributed by atoms with Crippen molar-refractivity contribution in [1.29, 1.82) is 5.41 Å². The van der Waals surface area contributed by atoms with Crippen LogP contribution < -0.4 is 11.1 Å². The predicted octanol–water partition coefficient (Wildman–Crippen LogP) is 2.39. The molecule has 0 unspecified atom stereocenters. The number of carbonyl (C=O) groups is 2. The van der Waals surface area contributed by atoms with Gasteiger partial charge in [-0.15, -0.1) is 11.8 Å². The minimum atomic E-state index is -3.93. The third-order valence-corrected chi connectivity index (χ3v) is 10.2. The zero-order valence-electron chi connectivity index (χ0n) is 18.8. The molecule has 2 aromatic rings. The van der Waals surface area contributed by atoms with Gasteiger partial charge in [0.2, 0.25) is 5.91 Å². The lowest BCUT2D eigenvalue weighted by atomic mass is 9.95. The van der Waals surface area contributed by atoms with Gasteiger partial charge in [0.1, 0.15) is 0 Å². The molecule has 0 aliphatic carbocycles. The van der Waals surface area contributed by atoms with Crippen LogP contribution in [0.5, 0.6) is 0 Å². The lowest BCUT2D eigenvalue weighted by Crippen LogP contribution is -2.56. The summed E-state index contributed by atoms with van der Waals surface area (Å²) >= 11 is 2.55. The Morgan fingerprint density at radius 3 is 2.26 bits per heavy atom. The lowest BCUT2D eigenvalue weighted by molar-refractivity contribution is -0.121. The van der Waals surface area contributed by atoms with E-state index in [-0.39, 0.29) is 22.8 Å². The summed E-state index contributed by atoms with van der Waals surface area (Å²) in [5.41, 5.74) is 5.58. The number of rotatable bonds is 8. The zero-order chi connectivity index (χ0) is 24.8. The van der Waals surface area contributed by atoms with Crippen molar-refractivity contribution in [3.63, 3.8) is 0 Å². The third kappa shape index (κ3) is 6.01. The van der Waals surface area contributed by atoms with Crippen LogP contribution in [0.1, 0.15) is 12.8 Å². The molecule has 8 nitrogen and oxygen atoms in total. The average Bonchev–Trinajstić information content (AvgIpc) is 2.83. The quantitative estimate of drug-likeness (QED) is 0.211. The fourth-order valence-corrected chi connectivity index (χ4v) is 7.03. The van der Waals surface area contributed by atoms with Crippen molar-refractivity contribution >= 4 is 50.2 Å². The summed E-state index contributed by atoms with van der Waals surface area (Å²) in [5.74, 6) is -0.685. The Morgan fingerprint density at radius 1 is 1.06 bits per heavy atom. The Bertz CT molecular complexity index is 1130. The summed E-state index contributed by atoms with van der Waals surface area (Å²) in [6.07, 6.45) is 0.351. The van der Waals surface area contributed by atoms with Gasteiger partial charge in [0.05, 0.1) is 4.90 Å². The molecule has 182 valence electrons. The molecule has 1 aliphatic rings. The molecule has 1 aliphatic heterocycles. The number of amides is 2. The zero-order valence-corrected chi connectivity index (χ0v) is 21.3. The van der Waals surface area contributed by atoms with Crippen LogP contribution in [0.2, 0.25) is 0 Å². The molecule has 0 spiro atoms. The number of benzene rings is 2. The second kappa shape index (κ2) is 11.4. The van der Waals surface area contributed by atoms with E-state index >= 15 is 0 Å². The highest BCUT2D eigenvalue weighted by Gasteiger charge is 2.51. The number of nitrogens with two attached hydrogens (primary N) is 1. The summed E-state index contributed by atoms with van der Waals surface area (Å²) in [6.45, 7) is 1.34. The first kappa shape index (κ1) is 26.3. The van der Waals surface area contributed by atoms with Gasteiger partial charge in [-0.1, -0.05) is 30.0 Å². The molecule has 2 aromatic carbocycles. The van der Waals surface area contributed by atoms with Gasteiger partial charge in [0.15, 0.2) is 19.6 Å². The summed E-state index contributed by atoms with van der Waals surface area (Å²) in [4.78, 5) is 28.0. The Labute approximate surface area is 208 Å². The highest BCUT2D eigenvalue weighted by Crippen LogP contribution is 2.35. The maximum atomic E-state index is 13.3. The molecule has 1 fully saturated rings. The van der Waals surface area contributed by atoms with Gasteiger partial charge in [-0.2, -0.15) is 0 Å². The van der Waals surface area contributed by atoms with Crippen LogP contribution in [0.4, 0.5) is 0 Å². The minimum Gasteiger partial charge on any atom is -0.368 e. The molecule has 1 heterocycles. The fourth-order valence-electron chi connectivity index (χ4n) is 3.63. The molecule has 2 amide bonds. The number of nitrogens with one attached hydrogen (secondary N) is 2. The number of hydrogen-bond donors (Lipinski definition) is 3. The first-order valence-corrected chi connectivity index (χ1v) is 14.0. The van der Waals surface area contributed by atoms with Gasteiger partial charge in [0.25, 0.3) is 5.91 Å². The predicted molar refractivity (Wildman–Crippen MR) is 136 cm³/mol. The van der Waals surface area contributed by atoms with Gasteiger partial charge in [-0.3, -0.25) is 15.0 Å². The summed E-state index contributed by atoms with van der Waals surface area (Å²) in [6, 6.07) is 15.6. The Hall–Kier alpha value is -2.34. The van der Waals surface area contributed by atoms with E-state index in [1.807, 2.05) is 42.3 Å². The van der Waals surface area contributed by atoms with Crippen LogP contribution in [0.3, 0.4) is 0 Å². The Balaban J connectivity index is 1.53. The fraction of sp³-hybridized carbons (Fsp3) is 0.348.